The topological polar surface area (TPSA) is 38.8 Å². The van der Waals surface area contributed by atoms with E-state index in [9.17, 15) is 4.79 Å². The molecule has 0 aliphatic carbocycles. The Morgan fingerprint density at radius 2 is 1.46 bits per heavy atom. The summed E-state index contributed by atoms with van der Waals surface area (Å²) in [7, 11) is 0. The number of hydroxylamine groups is 2. The molecule has 1 heterocycles. The van der Waals surface area contributed by atoms with Crippen molar-refractivity contribution < 1.29 is 14.4 Å². The number of hydrogen-bond donors (Lipinski definition) is 0. The molecule has 1 fully saturated rings. The van der Waals surface area contributed by atoms with Crippen LogP contribution in [0.2, 0.25) is 0 Å². The molecule has 1 aliphatic heterocycles. The molecule has 1 rings (SSSR count). The quantitative estimate of drug-likeness (QED) is 0.329. The van der Waals surface area contributed by atoms with Crippen molar-refractivity contribution in [2.24, 2.45) is 0 Å². The largest absolute Gasteiger partial charge is 0.462 e. The molecule has 0 bridgehead atoms. The number of hydrogen-bond acceptors (Lipinski definition) is 4. The van der Waals surface area contributed by atoms with E-state index < -0.39 is 0 Å². The molecular formula is C22H43NO3. The minimum absolute atomic E-state index is 0.0240. The summed E-state index contributed by atoms with van der Waals surface area (Å²) in [6, 6.07) is 0. The zero-order valence-corrected chi connectivity index (χ0v) is 18.4. The Morgan fingerprint density at radius 3 is 1.96 bits per heavy atom. The van der Waals surface area contributed by atoms with Gasteiger partial charge in [0.1, 0.15) is 6.10 Å². The Hall–Kier alpha value is -0.610. The Bertz CT molecular complexity index is 400. The van der Waals surface area contributed by atoms with E-state index in [0.717, 1.165) is 25.7 Å². The smallest absolute Gasteiger partial charge is 0.306 e. The molecule has 0 atom stereocenters. The van der Waals surface area contributed by atoms with Gasteiger partial charge in [-0.1, -0.05) is 45.4 Å². The molecule has 1 aliphatic rings. The van der Waals surface area contributed by atoms with Crippen molar-refractivity contribution in [1.29, 1.82) is 0 Å². The third kappa shape index (κ3) is 7.96. The molecule has 4 heteroatoms. The Labute approximate surface area is 161 Å². The minimum atomic E-state index is -0.157. The van der Waals surface area contributed by atoms with E-state index in [1.807, 2.05) is 0 Å². The highest BCUT2D eigenvalue weighted by molar-refractivity contribution is 5.69. The first kappa shape index (κ1) is 23.4. The summed E-state index contributed by atoms with van der Waals surface area (Å²) in [5.41, 5.74) is -0.313. The van der Waals surface area contributed by atoms with Crippen LogP contribution in [0.15, 0.2) is 0 Å². The van der Waals surface area contributed by atoms with Gasteiger partial charge in [0, 0.05) is 30.3 Å². The van der Waals surface area contributed by atoms with Crippen molar-refractivity contribution >= 4 is 5.97 Å². The second kappa shape index (κ2) is 10.7. The summed E-state index contributed by atoms with van der Waals surface area (Å²) in [5.74, 6) is -0.0339. The van der Waals surface area contributed by atoms with Crippen LogP contribution in [0.5, 0.6) is 0 Å². The maximum absolute atomic E-state index is 12.3. The van der Waals surface area contributed by atoms with E-state index in [2.05, 4.69) is 53.5 Å². The highest BCUT2D eigenvalue weighted by atomic mass is 16.7. The molecule has 26 heavy (non-hydrogen) atoms. The van der Waals surface area contributed by atoms with Crippen LogP contribution < -0.4 is 0 Å². The van der Waals surface area contributed by atoms with Crippen LogP contribution >= 0.6 is 0 Å². The molecule has 1 saturated heterocycles. The molecule has 154 valence electrons. The van der Waals surface area contributed by atoms with E-state index in [-0.39, 0.29) is 29.3 Å². The van der Waals surface area contributed by atoms with Crippen molar-refractivity contribution in [1.82, 2.24) is 5.06 Å². The van der Waals surface area contributed by atoms with Crippen LogP contribution in [-0.2, 0) is 14.4 Å². The number of rotatable bonds is 11. The lowest BCUT2D eigenvalue weighted by Gasteiger charge is -2.53. The third-order valence-electron chi connectivity index (χ3n) is 5.15. The zero-order chi connectivity index (χ0) is 19.8. The molecule has 0 aromatic carbocycles. The lowest BCUT2D eigenvalue weighted by atomic mass is 9.80. The Kier molecular flexibility index (Phi) is 9.60. The van der Waals surface area contributed by atoms with Gasteiger partial charge in [-0.25, -0.2) is 0 Å². The van der Waals surface area contributed by atoms with Gasteiger partial charge in [-0.15, -0.1) is 0 Å². The normalized spacial score (nSPS) is 20.5. The summed E-state index contributed by atoms with van der Waals surface area (Å²) in [6.45, 7) is 15.0. The molecule has 0 aromatic rings. The zero-order valence-electron chi connectivity index (χ0n) is 18.4. The van der Waals surface area contributed by atoms with E-state index in [0.29, 0.717) is 6.42 Å². The molecule has 0 amide bonds. The van der Waals surface area contributed by atoms with Crippen LogP contribution in [0.3, 0.4) is 0 Å². The van der Waals surface area contributed by atoms with Gasteiger partial charge in [0.25, 0.3) is 0 Å². The number of unbranched alkanes of at least 4 members (excludes halogenated alkanes) is 6. The fourth-order valence-electron chi connectivity index (χ4n) is 4.22. The van der Waals surface area contributed by atoms with Crippen LogP contribution in [0, 0.1) is 0 Å². The minimum Gasteiger partial charge on any atom is -0.462 e. The van der Waals surface area contributed by atoms with Gasteiger partial charge < -0.3 is 4.74 Å². The van der Waals surface area contributed by atoms with Crippen molar-refractivity contribution in [3.05, 3.63) is 0 Å². The van der Waals surface area contributed by atoms with Crippen molar-refractivity contribution in [3.8, 4) is 0 Å². The monoisotopic (exact) mass is 369 g/mol. The first-order valence-corrected chi connectivity index (χ1v) is 10.7. The molecule has 4 nitrogen and oxygen atoms in total. The average molecular weight is 370 g/mol. The van der Waals surface area contributed by atoms with E-state index >= 15 is 0 Å². The van der Waals surface area contributed by atoms with Gasteiger partial charge in [0.05, 0.1) is 6.10 Å². The second-order valence-electron chi connectivity index (χ2n) is 9.46. The summed E-state index contributed by atoms with van der Waals surface area (Å²) in [4.78, 5) is 18.3. The number of esters is 1. The fraction of sp³-hybridized carbons (Fsp3) is 0.955. The van der Waals surface area contributed by atoms with Gasteiger partial charge in [0.15, 0.2) is 0 Å². The first-order chi connectivity index (χ1) is 12.1. The van der Waals surface area contributed by atoms with Crippen molar-refractivity contribution in [3.63, 3.8) is 0 Å². The molecular weight excluding hydrogens is 326 g/mol. The first-order valence-electron chi connectivity index (χ1n) is 10.7. The fourth-order valence-corrected chi connectivity index (χ4v) is 4.22. The highest BCUT2D eigenvalue weighted by Crippen LogP contribution is 2.40. The summed E-state index contributed by atoms with van der Waals surface area (Å²) in [6.07, 6.45) is 10.8. The number of piperidine rings is 1. The number of nitrogens with zero attached hydrogens (tertiary/aromatic N) is 1. The van der Waals surface area contributed by atoms with Crippen molar-refractivity contribution in [2.45, 2.75) is 136 Å². The van der Waals surface area contributed by atoms with Gasteiger partial charge in [-0.2, -0.15) is 5.06 Å². The molecule has 0 aromatic heterocycles. The van der Waals surface area contributed by atoms with E-state index in [1.54, 1.807) is 0 Å². The van der Waals surface area contributed by atoms with E-state index in [1.165, 1.54) is 32.1 Å². The maximum Gasteiger partial charge on any atom is 0.306 e. The molecule has 0 spiro atoms. The molecule has 0 N–H and O–H groups in total. The predicted octanol–water partition coefficient (Wildman–Crippen LogP) is 6.03. The van der Waals surface area contributed by atoms with Gasteiger partial charge in [0.2, 0.25) is 0 Å². The summed E-state index contributed by atoms with van der Waals surface area (Å²) >= 11 is 0. The third-order valence-corrected chi connectivity index (χ3v) is 5.15. The number of ether oxygens (including phenoxy) is 1. The number of carbonyl (C=O) groups is 1. The summed E-state index contributed by atoms with van der Waals surface area (Å²) in [5, 5.41) is 2.12. The van der Waals surface area contributed by atoms with Crippen LogP contribution in [0.1, 0.15) is 113 Å². The lowest BCUT2D eigenvalue weighted by molar-refractivity contribution is -0.309. The highest BCUT2D eigenvalue weighted by Gasteiger charge is 2.48. The summed E-state index contributed by atoms with van der Waals surface area (Å²) < 4.78 is 5.84. The van der Waals surface area contributed by atoms with Crippen LogP contribution in [0.25, 0.3) is 0 Å². The maximum atomic E-state index is 12.3. The van der Waals surface area contributed by atoms with Crippen molar-refractivity contribution in [2.75, 3.05) is 0 Å². The van der Waals surface area contributed by atoms with Crippen LogP contribution in [0.4, 0.5) is 0 Å². The molecule has 0 unspecified atom stereocenters. The van der Waals surface area contributed by atoms with Gasteiger partial charge in [-0.3, -0.25) is 9.63 Å². The standard InChI is InChI=1S/C22H43NO3/c1-8-9-10-11-12-13-14-15-20(24)25-19-16-21(4,5)23(26-18(2)3)22(6,7)17-19/h18-19H,8-17H2,1-7H3. The number of carbonyl (C=O) groups excluding carboxylic acids is 1. The Morgan fingerprint density at radius 1 is 0.962 bits per heavy atom. The molecule has 0 radical (unpaired) electrons. The molecule has 0 saturated carbocycles. The predicted molar refractivity (Wildman–Crippen MR) is 108 cm³/mol. The van der Waals surface area contributed by atoms with Gasteiger partial charge >= 0.3 is 5.97 Å². The Balaban J connectivity index is 2.40. The second-order valence-corrected chi connectivity index (χ2v) is 9.46. The lowest BCUT2D eigenvalue weighted by Crippen LogP contribution is -2.62. The SMILES string of the molecule is CCCCCCCCCC(=O)OC1CC(C)(C)N(OC(C)C)C(C)(C)C1. The van der Waals surface area contributed by atoms with E-state index in [4.69, 9.17) is 9.57 Å². The van der Waals surface area contributed by atoms with Crippen LogP contribution in [-0.4, -0.2) is 34.3 Å². The average Bonchev–Trinajstić information content (AvgIpc) is 2.49. The van der Waals surface area contributed by atoms with Gasteiger partial charge in [-0.05, 0) is 48.0 Å².